The fourth-order valence-electron chi connectivity index (χ4n) is 1.46. The van der Waals surface area contributed by atoms with Crippen molar-refractivity contribution in [1.29, 1.82) is 5.26 Å². The largest absolute Gasteiger partial charge is 0.273 e. The molecule has 0 unspecified atom stereocenters. The molecule has 0 aliphatic rings. The van der Waals surface area contributed by atoms with Gasteiger partial charge >= 0.3 is 0 Å². The minimum Gasteiger partial charge on any atom is -0.273 e. The number of thioether (sulfide) groups is 1. The molecule has 0 fully saturated rings. The van der Waals surface area contributed by atoms with Crippen LogP contribution in [0.1, 0.15) is 32.3 Å². The summed E-state index contributed by atoms with van der Waals surface area (Å²) in [5.74, 6) is 0.294. The van der Waals surface area contributed by atoms with Gasteiger partial charge in [-0.1, -0.05) is 13.3 Å². The molecular weight excluding hydrogens is 308 g/mol. The highest BCUT2D eigenvalue weighted by molar-refractivity contribution is 8.00. The Kier molecular flexibility index (Phi) is 6.72. The van der Waals surface area contributed by atoms with Crippen LogP contribution in [0.5, 0.6) is 0 Å². The van der Waals surface area contributed by atoms with Gasteiger partial charge < -0.3 is 0 Å². The van der Waals surface area contributed by atoms with Crippen molar-refractivity contribution in [2.45, 2.75) is 36.8 Å². The monoisotopic (exact) mass is 326 g/mol. The third-order valence-corrected chi connectivity index (χ3v) is 5.36. The first-order valence-corrected chi connectivity index (χ1v) is 9.12. The Morgan fingerprint density at radius 3 is 2.52 bits per heavy atom. The molecule has 7 heteroatoms. The zero-order valence-electron chi connectivity index (χ0n) is 12.0. The van der Waals surface area contributed by atoms with Crippen LogP contribution in [0.3, 0.4) is 0 Å². The van der Waals surface area contributed by atoms with Crippen molar-refractivity contribution < 1.29 is 13.2 Å². The Hall–Kier alpha value is -1.52. The summed E-state index contributed by atoms with van der Waals surface area (Å²) in [5.41, 5.74) is 0.365. The summed E-state index contributed by atoms with van der Waals surface area (Å²) in [5, 5.41) is 8.25. The van der Waals surface area contributed by atoms with Crippen molar-refractivity contribution >= 4 is 27.7 Å². The molecule has 0 bridgehead atoms. The number of carbonyl (C=O) groups is 1. The van der Waals surface area contributed by atoms with Crippen LogP contribution < -0.4 is 4.72 Å². The molecule has 5 nitrogen and oxygen atoms in total. The molecule has 1 amide bonds. The van der Waals surface area contributed by atoms with Gasteiger partial charge in [-0.3, -0.25) is 4.79 Å². The number of carbonyl (C=O) groups excluding carboxylic acids is 1. The van der Waals surface area contributed by atoms with Gasteiger partial charge in [0.2, 0.25) is 5.91 Å². The zero-order valence-corrected chi connectivity index (χ0v) is 13.6. The van der Waals surface area contributed by atoms with Gasteiger partial charge in [0.25, 0.3) is 10.0 Å². The molecule has 0 spiro atoms. The molecule has 1 rings (SSSR count). The highest BCUT2D eigenvalue weighted by Gasteiger charge is 2.21. The van der Waals surface area contributed by atoms with Gasteiger partial charge in [0, 0.05) is 0 Å². The lowest BCUT2D eigenvalue weighted by Gasteiger charge is -2.12. The van der Waals surface area contributed by atoms with Gasteiger partial charge in [0.05, 0.1) is 21.8 Å². The van der Waals surface area contributed by atoms with E-state index in [1.54, 1.807) is 6.92 Å². The first-order valence-electron chi connectivity index (χ1n) is 6.59. The predicted molar refractivity (Wildman–Crippen MR) is 83.3 cm³/mol. The summed E-state index contributed by atoms with van der Waals surface area (Å²) in [6, 6.07) is 7.33. The van der Waals surface area contributed by atoms with E-state index in [0.717, 1.165) is 18.6 Å². The summed E-state index contributed by atoms with van der Waals surface area (Å²) in [4.78, 5) is 11.9. The second-order valence-electron chi connectivity index (χ2n) is 4.47. The van der Waals surface area contributed by atoms with Crippen molar-refractivity contribution in [3.63, 3.8) is 0 Å². The Bertz CT molecular complexity index is 619. The third kappa shape index (κ3) is 5.40. The second kappa shape index (κ2) is 8.05. The minimum atomic E-state index is -3.88. The maximum Gasteiger partial charge on any atom is 0.264 e. The molecular formula is C14H18N2O3S2. The molecule has 21 heavy (non-hydrogen) atoms. The van der Waals surface area contributed by atoms with E-state index < -0.39 is 21.2 Å². The highest BCUT2D eigenvalue weighted by Crippen LogP contribution is 2.15. The zero-order chi connectivity index (χ0) is 15.9. The molecule has 1 atom stereocenters. The number of nitrogens with one attached hydrogen (secondary N) is 1. The number of hydrogen-bond acceptors (Lipinski definition) is 5. The number of sulfonamides is 1. The summed E-state index contributed by atoms with van der Waals surface area (Å²) in [6.45, 7) is 3.74. The maximum absolute atomic E-state index is 12.1. The van der Waals surface area contributed by atoms with E-state index >= 15 is 0 Å². The second-order valence-corrected chi connectivity index (χ2v) is 7.60. The smallest absolute Gasteiger partial charge is 0.264 e. The van der Waals surface area contributed by atoms with E-state index in [9.17, 15) is 13.2 Å². The average molecular weight is 326 g/mol. The molecule has 0 aliphatic carbocycles. The van der Waals surface area contributed by atoms with Crippen LogP contribution >= 0.6 is 11.8 Å². The van der Waals surface area contributed by atoms with Crippen molar-refractivity contribution in [3.05, 3.63) is 29.8 Å². The molecule has 0 saturated carbocycles. The molecule has 0 saturated heterocycles. The summed E-state index contributed by atoms with van der Waals surface area (Å²) in [6.07, 6.45) is 2.02. The number of nitriles is 1. The van der Waals surface area contributed by atoms with Gasteiger partial charge in [-0.25, -0.2) is 13.1 Å². The Labute approximate surface area is 129 Å². The molecule has 0 heterocycles. The highest BCUT2D eigenvalue weighted by atomic mass is 32.2. The number of unbranched alkanes of at least 4 members (excludes halogenated alkanes) is 1. The standard InChI is InChI=1S/C14H18N2O3S2/c1-3-4-9-20-11(2)14(17)16-21(18,19)13-7-5-12(10-15)6-8-13/h5-8,11H,3-4,9H2,1-2H3,(H,16,17)/t11-/m0/s1. The van der Waals surface area contributed by atoms with E-state index in [1.807, 2.05) is 6.07 Å². The molecule has 114 valence electrons. The topological polar surface area (TPSA) is 87.0 Å². The summed E-state index contributed by atoms with van der Waals surface area (Å²) in [7, 11) is -3.88. The van der Waals surface area contributed by atoms with Gasteiger partial charge in [-0.2, -0.15) is 5.26 Å². The molecule has 1 aromatic rings. The molecule has 1 N–H and O–H groups in total. The van der Waals surface area contributed by atoms with Gasteiger partial charge in [0.15, 0.2) is 0 Å². The van der Waals surface area contributed by atoms with Crippen LogP contribution in [0.2, 0.25) is 0 Å². The summed E-state index contributed by atoms with van der Waals surface area (Å²) >= 11 is 1.43. The Balaban J connectivity index is 2.70. The van der Waals surface area contributed by atoms with Crippen LogP contribution in [0, 0.1) is 11.3 Å². The van der Waals surface area contributed by atoms with E-state index in [-0.39, 0.29) is 4.90 Å². The number of nitrogens with zero attached hydrogens (tertiary/aromatic N) is 1. The molecule has 0 aromatic heterocycles. The van der Waals surface area contributed by atoms with Crippen LogP contribution in [0.25, 0.3) is 0 Å². The van der Waals surface area contributed by atoms with Crippen LogP contribution in [-0.4, -0.2) is 25.3 Å². The van der Waals surface area contributed by atoms with Crippen LogP contribution in [-0.2, 0) is 14.8 Å². The van der Waals surface area contributed by atoms with Crippen LogP contribution in [0.15, 0.2) is 29.2 Å². The average Bonchev–Trinajstić information content (AvgIpc) is 2.47. The van der Waals surface area contributed by atoms with E-state index in [2.05, 4.69) is 11.6 Å². The predicted octanol–water partition coefficient (Wildman–Crippen LogP) is 2.28. The lowest BCUT2D eigenvalue weighted by atomic mass is 10.2. The minimum absolute atomic E-state index is 0.0272. The van der Waals surface area contributed by atoms with E-state index in [0.29, 0.717) is 5.56 Å². The quantitative estimate of drug-likeness (QED) is 0.777. The van der Waals surface area contributed by atoms with Crippen molar-refractivity contribution in [2.75, 3.05) is 5.75 Å². The summed E-state index contributed by atoms with van der Waals surface area (Å²) < 4.78 is 26.2. The number of benzene rings is 1. The molecule has 1 aromatic carbocycles. The first kappa shape index (κ1) is 17.5. The normalized spacial score (nSPS) is 12.4. The first-order chi connectivity index (χ1) is 9.90. The molecule has 0 radical (unpaired) electrons. The van der Waals surface area contributed by atoms with Gasteiger partial charge in [-0.15, -0.1) is 11.8 Å². The fraction of sp³-hybridized carbons (Fsp3) is 0.429. The van der Waals surface area contributed by atoms with E-state index in [1.165, 1.54) is 36.0 Å². The van der Waals surface area contributed by atoms with Crippen LogP contribution in [0.4, 0.5) is 0 Å². The molecule has 0 aliphatic heterocycles. The Morgan fingerprint density at radius 1 is 1.38 bits per heavy atom. The lowest BCUT2D eigenvalue weighted by molar-refractivity contribution is -0.118. The third-order valence-electron chi connectivity index (χ3n) is 2.76. The van der Waals surface area contributed by atoms with Crippen molar-refractivity contribution in [2.24, 2.45) is 0 Å². The van der Waals surface area contributed by atoms with Crippen molar-refractivity contribution in [1.82, 2.24) is 4.72 Å². The number of amides is 1. The number of hydrogen-bond donors (Lipinski definition) is 1. The van der Waals surface area contributed by atoms with Gasteiger partial charge in [0.1, 0.15) is 0 Å². The lowest BCUT2D eigenvalue weighted by Crippen LogP contribution is -2.36. The van der Waals surface area contributed by atoms with Gasteiger partial charge in [-0.05, 0) is 43.4 Å². The number of rotatable bonds is 7. The fourth-order valence-corrected chi connectivity index (χ4v) is 3.61. The van der Waals surface area contributed by atoms with E-state index in [4.69, 9.17) is 5.26 Å². The Morgan fingerprint density at radius 2 is 2.00 bits per heavy atom. The van der Waals surface area contributed by atoms with Crippen molar-refractivity contribution in [3.8, 4) is 6.07 Å². The maximum atomic E-state index is 12.1. The SMILES string of the molecule is CCCCS[C@@H](C)C(=O)NS(=O)(=O)c1ccc(C#N)cc1.